The molecule has 6 heteroatoms. The van der Waals surface area contributed by atoms with Gasteiger partial charge in [-0.15, -0.1) is 0 Å². The van der Waals surface area contributed by atoms with Crippen molar-refractivity contribution in [2.45, 2.75) is 31.3 Å². The first-order valence-corrected chi connectivity index (χ1v) is 8.01. The quantitative estimate of drug-likeness (QED) is 0.828. The van der Waals surface area contributed by atoms with Crippen LogP contribution < -0.4 is 9.64 Å². The highest BCUT2D eigenvalue weighted by Crippen LogP contribution is 2.42. The molecule has 1 aromatic heterocycles. The molecular formula is C16H25N3O3. The van der Waals surface area contributed by atoms with E-state index in [1.54, 1.807) is 20.5 Å². The van der Waals surface area contributed by atoms with Crippen molar-refractivity contribution in [2.75, 3.05) is 45.4 Å². The standard InChI is InChI=1S/C16H25N3O3/c1-20-9-3-13-4-10-22-16(13)5-7-19(8-6-16)14-11-15(21-2)18-12-17-14/h11-13H,3-10H2,1-2H3/t13-/m0/s1. The molecule has 3 heterocycles. The van der Waals surface area contributed by atoms with Crippen molar-refractivity contribution in [3.63, 3.8) is 0 Å². The average Bonchev–Trinajstić information content (AvgIpc) is 2.96. The zero-order valence-corrected chi connectivity index (χ0v) is 13.5. The van der Waals surface area contributed by atoms with E-state index in [2.05, 4.69) is 14.9 Å². The molecule has 2 saturated heterocycles. The van der Waals surface area contributed by atoms with E-state index in [0.29, 0.717) is 11.8 Å². The van der Waals surface area contributed by atoms with Crippen LogP contribution in [0.4, 0.5) is 5.82 Å². The summed E-state index contributed by atoms with van der Waals surface area (Å²) in [5, 5.41) is 0. The first-order chi connectivity index (χ1) is 10.8. The van der Waals surface area contributed by atoms with Crippen molar-refractivity contribution >= 4 is 5.82 Å². The van der Waals surface area contributed by atoms with E-state index >= 15 is 0 Å². The lowest BCUT2D eigenvalue weighted by molar-refractivity contribution is -0.0457. The fraction of sp³-hybridized carbons (Fsp3) is 0.750. The fourth-order valence-electron chi connectivity index (χ4n) is 3.73. The molecule has 2 aliphatic heterocycles. The van der Waals surface area contributed by atoms with Gasteiger partial charge in [0, 0.05) is 39.5 Å². The number of ether oxygens (including phenoxy) is 3. The molecule has 2 fully saturated rings. The number of nitrogens with zero attached hydrogens (tertiary/aromatic N) is 3. The Kier molecular flexibility index (Phi) is 4.78. The van der Waals surface area contributed by atoms with Crippen LogP contribution in [0.5, 0.6) is 5.88 Å². The van der Waals surface area contributed by atoms with Gasteiger partial charge in [-0.25, -0.2) is 9.97 Å². The number of aromatic nitrogens is 2. The van der Waals surface area contributed by atoms with E-state index in [-0.39, 0.29) is 5.60 Å². The first-order valence-electron chi connectivity index (χ1n) is 8.01. The fourth-order valence-corrected chi connectivity index (χ4v) is 3.73. The topological polar surface area (TPSA) is 56.7 Å². The van der Waals surface area contributed by atoms with Gasteiger partial charge >= 0.3 is 0 Å². The maximum absolute atomic E-state index is 6.18. The summed E-state index contributed by atoms with van der Waals surface area (Å²) in [7, 11) is 3.40. The third-order valence-corrected chi connectivity index (χ3v) is 5.04. The van der Waals surface area contributed by atoms with Crippen LogP contribution in [0.3, 0.4) is 0 Å². The van der Waals surface area contributed by atoms with Gasteiger partial charge in [0.25, 0.3) is 0 Å². The summed E-state index contributed by atoms with van der Waals surface area (Å²) in [4.78, 5) is 10.7. The van der Waals surface area contributed by atoms with Gasteiger partial charge in [0.2, 0.25) is 5.88 Å². The minimum Gasteiger partial charge on any atom is -0.481 e. The molecule has 1 aromatic rings. The van der Waals surface area contributed by atoms with E-state index in [1.165, 1.54) is 0 Å². The van der Waals surface area contributed by atoms with Gasteiger partial charge < -0.3 is 19.1 Å². The molecule has 0 radical (unpaired) electrons. The molecular weight excluding hydrogens is 282 g/mol. The third-order valence-electron chi connectivity index (χ3n) is 5.04. The van der Waals surface area contributed by atoms with Crippen LogP contribution in [-0.4, -0.2) is 56.1 Å². The summed E-state index contributed by atoms with van der Waals surface area (Å²) < 4.78 is 16.6. The van der Waals surface area contributed by atoms with Crippen LogP contribution in [0.15, 0.2) is 12.4 Å². The van der Waals surface area contributed by atoms with E-state index in [0.717, 1.165) is 57.8 Å². The highest BCUT2D eigenvalue weighted by Gasteiger charge is 2.45. The van der Waals surface area contributed by atoms with Gasteiger partial charge in [-0.3, -0.25) is 0 Å². The second kappa shape index (κ2) is 6.79. The Balaban J connectivity index is 1.64. The van der Waals surface area contributed by atoms with Crippen LogP contribution in [0.2, 0.25) is 0 Å². The molecule has 6 nitrogen and oxygen atoms in total. The summed E-state index contributed by atoms with van der Waals surface area (Å²) in [6, 6.07) is 1.90. The van der Waals surface area contributed by atoms with Crippen LogP contribution in [0.1, 0.15) is 25.7 Å². The predicted molar refractivity (Wildman–Crippen MR) is 83.3 cm³/mol. The highest BCUT2D eigenvalue weighted by molar-refractivity contribution is 5.41. The van der Waals surface area contributed by atoms with Crippen molar-refractivity contribution in [1.82, 2.24) is 9.97 Å². The molecule has 0 saturated carbocycles. The molecule has 0 amide bonds. The molecule has 122 valence electrons. The molecule has 0 aliphatic carbocycles. The van der Waals surface area contributed by atoms with Crippen molar-refractivity contribution in [3.05, 3.63) is 12.4 Å². The van der Waals surface area contributed by atoms with Gasteiger partial charge in [0.1, 0.15) is 12.1 Å². The molecule has 0 N–H and O–H groups in total. The molecule has 22 heavy (non-hydrogen) atoms. The Labute approximate surface area is 131 Å². The van der Waals surface area contributed by atoms with Crippen molar-refractivity contribution in [2.24, 2.45) is 5.92 Å². The third kappa shape index (κ3) is 3.03. The van der Waals surface area contributed by atoms with Crippen molar-refractivity contribution in [3.8, 4) is 5.88 Å². The molecule has 0 aromatic carbocycles. The monoisotopic (exact) mass is 307 g/mol. The molecule has 1 atom stereocenters. The maximum Gasteiger partial charge on any atom is 0.218 e. The number of hydrogen-bond donors (Lipinski definition) is 0. The molecule has 1 spiro atoms. The number of hydrogen-bond acceptors (Lipinski definition) is 6. The molecule has 0 unspecified atom stereocenters. The van der Waals surface area contributed by atoms with Gasteiger partial charge in [-0.1, -0.05) is 0 Å². The van der Waals surface area contributed by atoms with E-state index < -0.39 is 0 Å². The summed E-state index contributed by atoms with van der Waals surface area (Å²) in [6.45, 7) is 3.63. The number of piperidine rings is 1. The predicted octanol–water partition coefficient (Wildman–Crippen LogP) is 1.90. The Morgan fingerprint density at radius 2 is 2.14 bits per heavy atom. The van der Waals surface area contributed by atoms with Crippen LogP contribution in [0, 0.1) is 5.92 Å². The lowest BCUT2D eigenvalue weighted by Gasteiger charge is -2.42. The normalized spacial score (nSPS) is 23.9. The Hall–Kier alpha value is -1.40. The largest absolute Gasteiger partial charge is 0.481 e. The van der Waals surface area contributed by atoms with E-state index in [9.17, 15) is 0 Å². The summed E-state index contributed by atoms with van der Waals surface area (Å²) in [5.41, 5.74) is 0.0478. The lowest BCUT2D eigenvalue weighted by Crippen LogP contribution is -2.48. The van der Waals surface area contributed by atoms with Gasteiger partial charge in [-0.2, -0.15) is 0 Å². The van der Waals surface area contributed by atoms with E-state index in [4.69, 9.17) is 14.2 Å². The van der Waals surface area contributed by atoms with Crippen LogP contribution >= 0.6 is 0 Å². The summed E-state index contributed by atoms with van der Waals surface area (Å²) >= 11 is 0. The summed E-state index contributed by atoms with van der Waals surface area (Å²) in [6.07, 6.45) is 5.91. The van der Waals surface area contributed by atoms with E-state index in [1.807, 2.05) is 6.07 Å². The average molecular weight is 307 g/mol. The Morgan fingerprint density at radius 1 is 1.32 bits per heavy atom. The zero-order chi connectivity index (χ0) is 15.4. The zero-order valence-electron chi connectivity index (χ0n) is 13.5. The number of anilines is 1. The number of rotatable bonds is 5. The maximum atomic E-state index is 6.18. The van der Waals surface area contributed by atoms with Crippen LogP contribution in [-0.2, 0) is 9.47 Å². The summed E-state index contributed by atoms with van der Waals surface area (Å²) in [5.74, 6) is 2.17. The SMILES string of the molecule is COCC[C@H]1CCOC12CCN(c1cc(OC)ncn1)CC2. The van der Waals surface area contributed by atoms with Gasteiger partial charge in [0.15, 0.2) is 0 Å². The Bertz CT molecular complexity index is 489. The second-order valence-electron chi connectivity index (χ2n) is 6.09. The van der Waals surface area contributed by atoms with Crippen molar-refractivity contribution in [1.29, 1.82) is 0 Å². The minimum absolute atomic E-state index is 0.0478. The van der Waals surface area contributed by atoms with Crippen LogP contribution in [0.25, 0.3) is 0 Å². The van der Waals surface area contributed by atoms with Gasteiger partial charge in [-0.05, 0) is 31.6 Å². The molecule has 3 rings (SSSR count). The Morgan fingerprint density at radius 3 is 2.86 bits per heavy atom. The van der Waals surface area contributed by atoms with Gasteiger partial charge in [0.05, 0.1) is 12.7 Å². The number of methoxy groups -OCH3 is 2. The second-order valence-corrected chi connectivity index (χ2v) is 6.09. The molecule has 0 bridgehead atoms. The van der Waals surface area contributed by atoms with Crippen molar-refractivity contribution < 1.29 is 14.2 Å². The molecule has 2 aliphatic rings. The highest BCUT2D eigenvalue weighted by atomic mass is 16.5. The lowest BCUT2D eigenvalue weighted by atomic mass is 9.78. The minimum atomic E-state index is 0.0478. The first kappa shape index (κ1) is 15.5. The smallest absolute Gasteiger partial charge is 0.218 e.